The molecule has 1 N–H and O–H groups in total. The molecule has 0 unspecified atom stereocenters. The third-order valence-corrected chi connectivity index (χ3v) is 3.36. The van der Waals surface area contributed by atoms with Gasteiger partial charge in [-0.2, -0.15) is 0 Å². The Morgan fingerprint density at radius 1 is 1.24 bits per heavy atom. The van der Waals surface area contributed by atoms with Crippen molar-refractivity contribution in [2.75, 3.05) is 7.11 Å². The summed E-state index contributed by atoms with van der Waals surface area (Å²) < 4.78 is 5.26. The van der Waals surface area contributed by atoms with Crippen molar-refractivity contribution in [3.8, 4) is 11.5 Å². The summed E-state index contributed by atoms with van der Waals surface area (Å²) in [7, 11) is 1.56. The lowest BCUT2D eigenvalue weighted by Crippen LogP contribution is -1.95. The molecule has 0 saturated carbocycles. The van der Waals surface area contributed by atoms with Gasteiger partial charge in [0, 0.05) is 5.56 Å². The lowest BCUT2D eigenvalue weighted by atomic mass is 10.0. The Labute approximate surface area is 127 Å². The fourth-order valence-corrected chi connectivity index (χ4v) is 2.09. The van der Waals surface area contributed by atoms with E-state index in [4.69, 9.17) is 4.74 Å². The summed E-state index contributed by atoms with van der Waals surface area (Å²) in [6, 6.07) is 3.28. The van der Waals surface area contributed by atoms with Crippen molar-refractivity contribution in [2.45, 2.75) is 40.0 Å². The van der Waals surface area contributed by atoms with E-state index in [-0.39, 0.29) is 5.75 Å². The molecule has 0 aliphatic rings. The molecule has 3 nitrogen and oxygen atoms in total. The molecule has 1 aromatic carbocycles. The van der Waals surface area contributed by atoms with E-state index in [0.717, 1.165) is 12.8 Å². The van der Waals surface area contributed by atoms with Crippen molar-refractivity contribution in [3.63, 3.8) is 0 Å². The largest absolute Gasteiger partial charge is 0.507 e. The van der Waals surface area contributed by atoms with E-state index < -0.39 is 0 Å². The number of carbonyl (C=O) groups is 1. The Bertz CT molecular complexity index is 550. The Balaban J connectivity index is 2.86. The van der Waals surface area contributed by atoms with Crippen molar-refractivity contribution >= 4 is 6.29 Å². The van der Waals surface area contributed by atoms with Gasteiger partial charge in [0.25, 0.3) is 0 Å². The molecule has 1 aromatic rings. The number of phenolic OH excluding ortho intramolecular Hbond substituents is 1. The maximum atomic E-state index is 10.9. The number of benzene rings is 1. The van der Waals surface area contributed by atoms with Gasteiger partial charge in [0.15, 0.2) is 6.29 Å². The first kappa shape index (κ1) is 17.0. The van der Waals surface area contributed by atoms with E-state index in [1.165, 1.54) is 11.1 Å². The number of phenols is 1. The minimum absolute atomic E-state index is 0.0118. The van der Waals surface area contributed by atoms with E-state index in [1.54, 1.807) is 19.2 Å². The minimum atomic E-state index is 0.0118. The normalized spacial score (nSPS) is 11.1. The van der Waals surface area contributed by atoms with Gasteiger partial charge in [-0.05, 0) is 52.2 Å². The molecule has 0 fully saturated rings. The molecule has 1 rings (SSSR count). The number of aromatic hydroxyl groups is 1. The topological polar surface area (TPSA) is 46.5 Å². The number of carbonyl (C=O) groups excluding carboxylic acids is 1. The van der Waals surface area contributed by atoms with E-state index >= 15 is 0 Å². The van der Waals surface area contributed by atoms with Crippen molar-refractivity contribution < 1.29 is 14.6 Å². The Kier molecular flexibility index (Phi) is 6.73. The van der Waals surface area contributed by atoms with Crippen LogP contribution in [0.5, 0.6) is 11.5 Å². The lowest BCUT2D eigenvalue weighted by molar-refractivity contribution is 0.112. The molecular formula is C18H24O3. The molecule has 0 heterocycles. The fraction of sp³-hybridized carbons (Fsp3) is 0.389. The van der Waals surface area contributed by atoms with E-state index in [0.29, 0.717) is 29.6 Å². The Morgan fingerprint density at radius 3 is 2.52 bits per heavy atom. The molecule has 0 atom stereocenters. The highest BCUT2D eigenvalue weighted by Crippen LogP contribution is 2.31. The molecule has 114 valence electrons. The second-order valence-electron chi connectivity index (χ2n) is 5.38. The van der Waals surface area contributed by atoms with Gasteiger partial charge in [-0.15, -0.1) is 0 Å². The minimum Gasteiger partial charge on any atom is -0.507 e. The van der Waals surface area contributed by atoms with Crippen molar-refractivity contribution in [1.29, 1.82) is 0 Å². The molecule has 0 spiro atoms. The molecule has 0 aromatic heterocycles. The number of ether oxygens (including phenoxy) is 1. The van der Waals surface area contributed by atoms with E-state index in [2.05, 4.69) is 32.9 Å². The maximum absolute atomic E-state index is 10.9. The Morgan fingerprint density at radius 2 is 1.95 bits per heavy atom. The van der Waals surface area contributed by atoms with Crippen molar-refractivity contribution in [1.82, 2.24) is 0 Å². The first-order chi connectivity index (χ1) is 9.99. The molecule has 0 radical (unpaired) electrons. The molecule has 0 aliphatic heterocycles. The van der Waals surface area contributed by atoms with Gasteiger partial charge in [-0.3, -0.25) is 4.79 Å². The van der Waals surface area contributed by atoms with Crippen LogP contribution in [0.4, 0.5) is 0 Å². The number of hydrogen-bond acceptors (Lipinski definition) is 3. The van der Waals surface area contributed by atoms with Crippen molar-refractivity contribution in [3.05, 3.63) is 46.6 Å². The smallest absolute Gasteiger partial charge is 0.153 e. The molecule has 0 aliphatic carbocycles. The van der Waals surface area contributed by atoms with E-state index in [9.17, 15) is 9.90 Å². The molecule has 21 heavy (non-hydrogen) atoms. The quantitative estimate of drug-likeness (QED) is 0.595. The number of methoxy groups -OCH3 is 1. The predicted molar refractivity (Wildman–Crippen MR) is 86.2 cm³/mol. The van der Waals surface area contributed by atoms with Crippen LogP contribution in [-0.4, -0.2) is 18.5 Å². The summed E-state index contributed by atoms with van der Waals surface area (Å²) in [5, 5.41) is 10.1. The maximum Gasteiger partial charge on any atom is 0.153 e. The van der Waals surface area contributed by atoms with Crippen LogP contribution in [0, 0.1) is 0 Å². The van der Waals surface area contributed by atoms with Crippen molar-refractivity contribution in [2.24, 2.45) is 0 Å². The van der Waals surface area contributed by atoms with Gasteiger partial charge < -0.3 is 9.84 Å². The van der Waals surface area contributed by atoms with Gasteiger partial charge in [0.05, 0.1) is 12.7 Å². The monoisotopic (exact) mass is 288 g/mol. The average Bonchev–Trinajstić information content (AvgIpc) is 2.45. The third kappa shape index (κ3) is 5.10. The second-order valence-corrected chi connectivity index (χ2v) is 5.38. The highest BCUT2D eigenvalue weighted by molar-refractivity contribution is 5.81. The van der Waals surface area contributed by atoms with Gasteiger partial charge in [0.1, 0.15) is 11.5 Å². The van der Waals surface area contributed by atoms with Crippen LogP contribution in [-0.2, 0) is 6.42 Å². The number of allylic oxidation sites excluding steroid dienone is 4. The van der Waals surface area contributed by atoms with Crippen LogP contribution in [0.25, 0.3) is 0 Å². The Hall–Kier alpha value is -2.03. The first-order valence-electron chi connectivity index (χ1n) is 7.12. The van der Waals surface area contributed by atoms with Crippen LogP contribution in [0.1, 0.15) is 49.5 Å². The summed E-state index contributed by atoms with van der Waals surface area (Å²) in [6.45, 7) is 6.26. The lowest BCUT2D eigenvalue weighted by Gasteiger charge is -2.11. The highest BCUT2D eigenvalue weighted by Gasteiger charge is 2.11. The fourth-order valence-electron chi connectivity index (χ4n) is 2.09. The predicted octanol–water partition coefficient (Wildman–Crippen LogP) is 4.45. The SMILES string of the molecule is COc1ccc(C=O)c(O)c1CC=C(C)CCC=C(C)C. The molecule has 3 heteroatoms. The summed E-state index contributed by atoms with van der Waals surface area (Å²) >= 11 is 0. The third-order valence-electron chi connectivity index (χ3n) is 3.36. The number of aldehydes is 1. The van der Waals surface area contributed by atoms with E-state index in [1.807, 2.05) is 0 Å². The van der Waals surface area contributed by atoms with Crippen LogP contribution in [0.2, 0.25) is 0 Å². The van der Waals surface area contributed by atoms with Crippen LogP contribution < -0.4 is 4.74 Å². The number of hydrogen-bond donors (Lipinski definition) is 1. The summed E-state index contributed by atoms with van der Waals surface area (Å²) in [4.78, 5) is 10.9. The summed E-state index contributed by atoms with van der Waals surface area (Å²) in [5.41, 5.74) is 3.52. The van der Waals surface area contributed by atoms with Gasteiger partial charge in [0.2, 0.25) is 0 Å². The zero-order chi connectivity index (χ0) is 15.8. The standard InChI is InChI=1S/C18H24O3/c1-13(2)6-5-7-14(3)8-10-16-17(21-4)11-9-15(12-19)18(16)20/h6,8-9,11-12,20H,5,7,10H2,1-4H3. The molecule has 0 saturated heterocycles. The summed E-state index contributed by atoms with van der Waals surface area (Å²) in [5.74, 6) is 0.615. The van der Waals surface area contributed by atoms with Gasteiger partial charge in [-0.25, -0.2) is 0 Å². The first-order valence-corrected chi connectivity index (χ1v) is 7.12. The number of rotatable bonds is 7. The zero-order valence-corrected chi connectivity index (χ0v) is 13.3. The highest BCUT2D eigenvalue weighted by atomic mass is 16.5. The average molecular weight is 288 g/mol. The summed E-state index contributed by atoms with van der Waals surface area (Å²) in [6.07, 6.45) is 7.50. The second kappa shape index (κ2) is 8.30. The molecule has 0 amide bonds. The van der Waals surface area contributed by atoms with Crippen LogP contribution >= 0.6 is 0 Å². The van der Waals surface area contributed by atoms with Gasteiger partial charge >= 0.3 is 0 Å². The van der Waals surface area contributed by atoms with Crippen LogP contribution in [0.15, 0.2) is 35.4 Å². The molecular weight excluding hydrogens is 264 g/mol. The molecule has 0 bridgehead atoms. The van der Waals surface area contributed by atoms with Crippen LogP contribution in [0.3, 0.4) is 0 Å². The zero-order valence-electron chi connectivity index (χ0n) is 13.3. The van der Waals surface area contributed by atoms with Gasteiger partial charge in [-0.1, -0.05) is 23.3 Å².